The molecular weight excluding hydrogens is 309 g/mol. The smallest absolute Gasteiger partial charge is 0.262 e. The molecule has 0 saturated carbocycles. The number of carbonyl (C=O) groups excluding carboxylic acids is 1. The standard InChI is InChI=1S/C16H15Cl2NO2/c1-2-11-4-3-5-15(6-11)21-10-16(20)19-14-8-12(17)7-13(18)9-14/h3-9H,2,10H2,1H3,(H,19,20). The Morgan fingerprint density at radius 2 is 1.86 bits per heavy atom. The van der Waals surface area contributed by atoms with Gasteiger partial charge in [-0.15, -0.1) is 0 Å². The Labute approximate surface area is 133 Å². The normalized spacial score (nSPS) is 10.2. The van der Waals surface area contributed by atoms with Crippen LogP contribution in [0.15, 0.2) is 42.5 Å². The molecule has 0 aliphatic heterocycles. The molecule has 0 aromatic heterocycles. The minimum atomic E-state index is -0.268. The Morgan fingerprint density at radius 3 is 2.52 bits per heavy atom. The van der Waals surface area contributed by atoms with Gasteiger partial charge in [0.2, 0.25) is 0 Å². The zero-order chi connectivity index (χ0) is 15.2. The Kier molecular flexibility index (Phi) is 5.48. The molecule has 21 heavy (non-hydrogen) atoms. The molecule has 3 nitrogen and oxygen atoms in total. The highest BCUT2D eigenvalue weighted by Gasteiger charge is 2.06. The number of amides is 1. The lowest BCUT2D eigenvalue weighted by molar-refractivity contribution is -0.118. The third kappa shape index (κ3) is 4.96. The highest BCUT2D eigenvalue weighted by atomic mass is 35.5. The first-order chi connectivity index (χ1) is 10.1. The highest BCUT2D eigenvalue weighted by molar-refractivity contribution is 6.35. The molecule has 0 atom stereocenters. The quantitative estimate of drug-likeness (QED) is 0.875. The molecule has 0 bridgehead atoms. The molecule has 0 heterocycles. The first-order valence-electron chi connectivity index (χ1n) is 6.54. The lowest BCUT2D eigenvalue weighted by Crippen LogP contribution is -2.20. The second-order valence-corrected chi connectivity index (χ2v) is 5.37. The van der Waals surface area contributed by atoms with Gasteiger partial charge in [0.25, 0.3) is 5.91 Å². The van der Waals surface area contributed by atoms with Crippen molar-refractivity contribution in [3.05, 3.63) is 58.1 Å². The van der Waals surface area contributed by atoms with Crippen LogP contribution in [0.25, 0.3) is 0 Å². The van der Waals surface area contributed by atoms with Crippen LogP contribution in [-0.2, 0) is 11.2 Å². The molecule has 0 fully saturated rings. The number of halogens is 2. The van der Waals surface area contributed by atoms with E-state index < -0.39 is 0 Å². The summed E-state index contributed by atoms with van der Waals surface area (Å²) in [4.78, 5) is 11.8. The molecule has 0 aliphatic rings. The summed E-state index contributed by atoms with van der Waals surface area (Å²) in [5, 5.41) is 3.62. The van der Waals surface area contributed by atoms with Crippen molar-refractivity contribution in [3.8, 4) is 5.75 Å². The number of hydrogen-bond donors (Lipinski definition) is 1. The van der Waals surface area contributed by atoms with Gasteiger partial charge >= 0.3 is 0 Å². The Morgan fingerprint density at radius 1 is 1.14 bits per heavy atom. The summed E-state index contributed by atoms with van der Waals surface area (Å²) < 4.78 is 5.46. The van der Waals surface area contributed by atoms with E-state index in [2.05, 4.69) is 12.2 Å². The van der Waals surface area contributed by atoms with Crippen LogP contribution in [0, 0.1) is 0 Å². The van der Waals surface area contributed by atoms with Gasteiger partial charge in [-0.2, -0.15) is 0 Å². The van der Waals surface area contributed by atoms with Crippen LogP contribution >= 0.6 is 23.2 Å². The number of hydrogen-bond acceptors (Lipinski definition) is 2. The first-order valence-corrected chi connectivity index (χ1v) is 7.30. The van der Waals surface area contributed by atoms with Crippen molar-refractivity contribution < 1.29 is 9.53 Å². The molecule has 2 aromatic carbocycles. The van der Waals surface area contributed by atoms with E-state index in [0.29, 0.717) is 21.5 Å². The van der Waals surface area contributed by atoms with Crippen molar-refractivity contribution >= 4 is 34.8 Å². The molecule has 5 heteroatoms. The fourth-order valence-electron chi connectivity index (χ4n) is 1.83. The van der Waals surface area contributed by atoms with Crippen molar-refractivity contribution in [2.75, 3.05) is 11.9 Å². The Bertz CT molecular complexity index is 624. The van der Waals surface area contributed by atoms with Crippen LogP contribution in [0.4, 0.5) is 5.69 Å². The van der Waals surface area contributed by atoms with Crippen LogP contribution in [0.5, 0.6) is 5.75 Å². The predicted octanol–water partition coefficient (Wildman–Crippen LogP) is 4.57. The average Bonchev–Trinajstić information content (AvgIpc) is 2.44. The molecule has 1 amide bonds. The lowest BCUT2D eigenvalue weighted by Gasteiger charge is -2.09. The largest absolute Gasteiger partial charge is 0.484 e. The zero-order valence-electron chi connectivity index (χ0n) is 11.5. The topological polar surface area (TPSA) is 38.3 Å². The number of ether oxygens (including phenoxy) is 1. The van der Waals surface area contributed by atoms with Crippen molar-refractivity contribution in [3.63, 3.8) is 0 Å². The number of benzene rings is 2. The van der Waals surface area contributed by atoms with Crippen molar-refractivity contribution in [1.29, 1.82) is 0 Å². The van der Waals surface area contributed by atoms with Crippen LogP contribution < -0.4 is 10.1 Å². The maximum absolute atomic E-state index is 11.8. The summed E-state index contributed by atoms with van der Waals surface area (Å²) in [5.41, 5.74) is 1.71. The van der Waals surface area contributed by atoms with Gasteiger partial charge in [-0.3, -0.25) is 4.79 Å². The molecule has 0 aliphatic carbocycles. The summed E-state index contributed by atoms with van der Waals surface area (Å²) in [6, 6.07) is 12.5. The summed E-state index contributed by atoms with van der Waals surface area (Å²) >= 11 is 11.7. The summed E-state index contributed by atoms with van der Waals surface area (Å²) in [6.45, 7) is 1.99. The van der Waals surface area contributed by atoms with E-state index in [0.717, 1.165) is 12.0 Å². The number of rotatable bonds is 5. The second kappa shape index (κ2) is 7.34. The third-order valence-corrected chi connectivity index (χ3v) is 3.26. The van der Waals surface area contributed by atoms with E-state index >= 15 is 0 Å². The summed E-state index contributed by atoms with van der Waals surface area (Å²) in [6.07, 6.45) is 0.921. The molecule has 0 radical (unpaired) electrons. The van der Waals surface area contributed by atoms with Gasteiger partial charge in [0.15, 0.2) is 6.61 Å². The van der Waals surface area contributed by atoms with Crippen molar-refractivity contribution in [2.45, 2.75) is 13.3 Å². The Balaban J connectivity index is 1.92. The van der Waals surface area contributed by atoms with Gasteiger partial charge in [0, 0.05) is 15.7 Å². The molecule has 0 unspecified atom stereocenters. The summed E-state index contributed by atoms with van der Waals surface area (Å²) in [7, 11) is 0. The molecule has 1 N–H and O–H groups in total. The van der Waals surface area contributed by atoms with Gasteiger partial charge in [-0.05, 0) is 42.3 Å². The minimum Gasteiger partial charge on any atom is -0.484 e. The van der Waals surface area contributed by atoms with E-state index in [1.165, 1.54) is 0 Å². The molecule has 0 saturated heterocycles. The lowest BCUT2D eigenvalue weighted by atomic mass is 10.2. The van der Waals surface area contributed by atoms with Crippen molar-refractivity contribution in [1.82, 2.24) is 0 Å². The van der Waals surface area contributed by atoms with E-state index in [9.17, 15) is 4.79 Å². The van der Waals surface area contributed by atoms with E-state index in [-0.39, 0.29) is 12.5 Å². The SMILES string of the molecule is CCc1cccc(OCC(=O)Nc2cc(Cl)cc(Cl)c2)c1. The average molecular weight is 324 g/mol. The fraction of sp³-hybridized carbons (Fsp3) is 0.188. The van der Waals surface area contributed by atoms with Gasteiger partial charge < -0.3 is 10.1 Å². The van der Waals surface area contributed by atoms with Gasteiger partial charge in [0.1, 0.15) is 5.75 Å². The third-order valence-electron chi connectivity index (χ3n) is 2.82. The zero-order valence-corrected chi connectivity index (χ0v) is 13.0. The monoisotopic (exact) mass is 323 g/mol. The fourth-order valence-corrected chi connectivity index (χ4v) is 2.35. The van der Waals surface area contributed by atoms with Gasteiger partial charge in [-0.25, -0.2) is 0 Å². The van der Waals surface area contributed by atoms with Gasteiger partial charge in [-0.1, -0.05) is 42.3 Å². The van der Waals surface area contributed by atoms with Crippen LogP contribution in [0.3, 0.4) is 0 Å². The van der Waals surface area contributed by atoms with Crippen LogP contribution in [0.1, 0.15) is 12.5 Å². The minimum absolute atomic E-state index is 0.0721. The number of nitrogens with one attached hydrogen (secondary N) is 1. The summed E-state index contributed by atoms with van der Waals surface area (Å²) in [5.74, 6) is 0.406. The maximum Gasteiger partial charge on any atom is 0.262 e. The van der Waals surface area contributed by atoms with E-state index in [1.54, 1.807) is 18.2 Å². The van der Waals surface area contributed by atoms with E-state index in [1.807, 2.05) is 24.3 Å². The van der Waals surface area contributed by atoms with E-state index in [4.69, 9.17) is 27.9 Å². The molecule has 0 spiro atoms. The second-order valence-electron chi connectivity index (χ2n) is 4.50. The van der Waals surface area contributed by atoms with Crippen LogP contribution in [-0.4, -0.2) is 12.5 Å². The number of carbonyl (C=O) groups is 1. The number of anilines is 1. The molecule has 2 rings (SSSR count). The highest BCUT2D eigenvalue weighted by Crippen LogP contribution is 2.22. The number of aryl methyl sites for hydroxylation is 1. The predicted molar refractivity (Wildman–Crippen MR) is 86.4 cm³/mol. The Hall–Kier alpha value is -1.71. The van der Waals surface area contributed by atoms with Gasteiger partial charge in [0.05, 0.1) is 0 Å². The van der Waals surface area contributed by atoms with Crippen LogP contribution in [0.2, 0.25) is 10.0 Å². The molecular formula is C16H15Cl2NO2. The van der Waals surface area contributed by atoms with Crippen molar-refractivity contribution in [2.24, 2.45) is 0 Å². The molecule has 110 valence electrons. The molecule has 2 aromatic rings. The maximum atomic E-state index is 11.8. The first kappa shape index (κ1) is 15.7.